The molecule has 1 aliphatic rings. The zero-order valence-corrected chi connectivity index (χ0v) is 11.9. The van der Waals surface area contributed by atoms with Gasteiger partial charge in [-0.05, 0) is 24.1 Å². The van der Waals surface area contributed by atoms with E-state index in [-0.39, 0.29) is 31.0 Å². The number of halogens is 3. The fraction of sp³-hybridized carbons (Fsp3) is 0.385. The molecule has 0 aliphatic carbocycles. The first-order chi connectivity index (χ1) is 9.75. The molecule has 4 nitrogen and oxygen atoms in total. The molecule has 0 fully saturated rings. The van der Waals surface area contributed by atoms with Gasteiger partial charge in [0.25, 0.3) is 0 Å². The number of nitrogens with two attached hydrogens (primary N) is 1. The van der Waals surface area contributed by atoms with E-state index < -0.39 is 21.8 Å². The Morgan fingerprint density at radius 1 is 1.29 bits per heavy atom. The predicted octanol–water partition coefficient (Wildman–Crippen LogP) is 2.03. The van der Waals surface area contributed by atoms with Gasteiger partial charge < -0.3 is 5.73 Å². The summed E-state index contributed by atoms with van der Waals surface area (Å²) in [6, 6.07) is 6.11. The molecule has 0 unspecified atom stereocenters. The second-order valence-electron chi connectivity index (χ2n) is 4.69. The van der Waals surface area contributed by atoms with E-state index in [9.17, 15) is 21.6 Å². The lowest BCUT2D eigenvalue weighted by Crippen LogP contribution is -2.36. The van der Waals surface area contributed by atoms with Crippen LogP contribution in [-0.4, -0.2) is 32.0 Å². The lowest BCUT2D eigenvalue weighted by Gasteiger charge is -2.26. The summed E-state index contributed by atoms with van der Waals surface area (Å²) in [5.74, 6) is 0. The molecule has 2 N–H and O–H groups in total. The summed E-state index contributed by atoms with van der Waals surface area (Å²) in [5, 5.41) is 0. The number of benzene rings is 1. The average molecular weight is 320 g/mol. The molecule has 0 saturated carbocycles. The van der Waals surface area contributed by atoms with Crippen LogP contribution < -0.4 is 5.73 Å². The summed E-state index contributed by atoms with van der Waals surface area (Å²) >= 11 is 0. The minimum absolute atomic E-state index is 0.0503. The van der Waals surface area contributed by atoms with Crippen LogP contribution in [0.25, 0.3) is 0 Å². The highest BCUT2D eigenvalue weighted by Gasteiger charge is 2.37. The third-order valence-electron chi connectivity index (χ3n) is 3.31. The van der Waals surface area contributed by atoms with E-state index in [1.807, 2.05) is 0 Å². The third kappa shape index (κ3) is 3.45. The van der Waals surface area contributed by atoms with Crippen molar-refractivity contribution in [3.8, 4) is 0 Å². The molecule has 8 heteroatoms. The van der Waals surface area contributed by atoms with Crippen LogP contribution in [0.15, 0.2) is 40.8 Å². The Morgan fingerprint density at radius 3 is 2.52 bits per heavy atom. The van der Waals surface area contributed by atoms with Gasteiger partial charge in [0, 0.05) is 25.2 Å². The highest BCUT2D eigenvalue weighted by atomic mass is 32.2. The second kappa shape index (κ2) is 5.78. The van der Waals surface area contributed by atoms with Crippen molar-refractivity contribution in [1.82, 2.24) is 4.31 Å². The Balaban J connectivity index is 2.24. The Labute approximate surface area is 121 Å². The molecule has 1 heterocycles. The van der Waals surface area contributed by atoms with Crippen molar-refractivity contribution in [2.75, 3.05) is 13.1 Å². The monoisotopic (exact) mass is 320 g/mol. The molecule has 0 aromatic heterocycles. The lowest BCUT2D eigenvalue weighted by molar-refractivity contribution is -0.0953. The number of alkyl halides is 3. The van der Waals surface area contributed by atoms with Crippen molar-refractivity contribution >= 4 is 10.0 Å². The molecule has 0 amide bonds. The van der Waals surface area contributed by atoms with Crippen molar-refractivity contribution in [1.29, 1.82) is 0 Å². The lowest BCUT2D eigenvalue weighted by atomic mass is 10.1. The van der Waals surface area contributed by atoms with Gasteiger partial charge >= 0.3 is 6.18 Å². The highest BCUT2D eigenvalue weighted by Crippen LogP contribution is 2.31. The van der Waals surface area contributed by atoms with Crippen molar-refractivity contribution in [2.24, 2.45) is 5.73 Å². The summed E-state index contributed by atoms with van der Waals surface area (Å²) in [7, 11) is -3.80. The largest absolute Gasteiger partial charge is 0.412 e. The number of nitrogens with zero attached hydrogens (tertiary/aromatic N) is 1. The van der Waals surface area contributed by atoms with Crippen LogP contribution >= 0.6 is 0 Å². The third-order valence-corrected chi connectivity index (χ3v) is 5.17. The molecular weight excluding hydrogens is 305 g/mol. The van der Waals surface area contributed by atoms with E-state index in [4.69, 9.17) is 5.73 Å². The number of hydrogen-bond donors (Lipinski definition) is 1. The van der Waals surface area contributed by atoms with Crippen LogP contribution in [0.5, 0.6) is 0 Å². The van der Waals surface area contributed by atoms with Crippen molar-refractivity contribution < 1.29 is 21.6 Å². The second-order valence-corrected chi connectivity index (χ2v) is 6.63. The quantitative estimate of drug-likeness (QED) is 0.867. The van der Waals surface area contributed by atoms with Crippen molar-refractivity contribution in [3.05, 3.63) is 41.5 Å². The van der Waals surface area contributed by atoms with E-state index >= 15 is 0 Å². The van der Waals surface area contributed by atoms with E-state index in [1.54, 1.807) is 12.1 Å². The Hall–Kier alpha value is -1.38. The molecule has 0 atom stereocenters. The molecule has 1 aliphatic heterocycles. The molecule has 0 bridgehead atoms. The van der Waals surface area contributed by atoms with Crippen molar-refractivity contribution in [3.63, 3.8) is 0 Å². The minimum Gasteiger partial charge on any atom is -0.326 e. The first-order valence-electron chi connectivity index (χ1n) is 6.30. The first kappa shape index (κ1) is 16.0. The molecule has 1 aromatic rings. The van der Waals surface area contributed by atoms with E-state index in [0.29, 0.717) is 5.56 Å². The number of sulfonamides is 1. The summed E-state index contributed by atoms with van der Waals surface area (Å²) in [4.78, 5) is 0.0503. The Morgan fingerprint density at radius 2 is 2.00 bits per heavy atom. The summed E-state index contributed by atoms with van der Waals surface area (Å²) in [6.45, 7) is -0.258. The maximum Gasteiger partial charge on any atom is 0.412 e. The van der Waals surface area contributed by atoms with Gasteiger partial charge in [-0.1, -0.05) is 18.2 Å². The van der Waals surface area contributed by atoms with E-state index in [0.717, 1.165) is 10.4 Å². The fourth-order valence-electron chi connectivity index (χ4n) is 2.11. The maximum atomic E-state index is 12.5. The predicted molar refractivity (Wildman–Crippen MR) is 71.8 cm³/mol. The standard InChI is InChI=1S/C13H15F3N2O2S/c14-13(15,16)11-4-6-18(7-5-11)21(19,20)12-3-1-2-10(8-12)9-17/h1-4,8H,5-7,9,17H2. The van der Waals surface area contributed by atoms with Gasteiger partial charge in [0.15, 0.2) is 0 Å². The molecule has 0 radical (unpaired) electrons. The minimum atomic E-state index is -4.39. The van der Waals surface area contributed by atoms with E-state index in [1.165, 1.54) is 12.1 Å². The molecule has 21 heavy (non-hydrogen) atoms. The van der Waals surface area contributed by atoms with Gasteiger partial charge in [-0.3, -0.25) is 0 Å². The first-order valence-corrected chi connectivity index (χ1v) is 7.74. The summed E-state index contributed by atoms with van der Waals surface area (Å²) in [5.41, 5.74) is 5.44. The van der Waals surface area contributed by atoms with Gasteiger partial charge in [0.1, 0.15) is 0 Å². The number of hydrogen-bond acceptors (Lipinski definition) is 3. The van der Waals surface area contributed by atoms with Gasteiger partial charge in [0.2, 0.25) is 10.0 Å². The Kier molecular flexibility index (Phi) is 4.40. The molecule has 0 spiro atoms. The number of rotatable bonds is 3. The summed E-state index contributed by atoms with van der Waals surface area (Å²) < 4.78 is 63.4. The molecule has 2 rings (SSSR count). The maximum absolute atomic E-state index is 12.5. The SMILES string of the molecule is NCc1cccc(S(=O)(=O)N2CC=C(C(F)(F)F)CC2)c1. The van der Waals surface area contributed by atoms with Crippen LogP contribution in [0, 0.1) is 0 Å². The molecule has 116 valence electrons. The van der Waals surface area contributed by atoms with Gasteiger partial charge in [-0.2, -0.15) is 17.5 Å². The topological polar surface area (TPSA) is 63.4 Å². The van der Waals surface area contributed by atoms with Crippen LogP contribution in [0.1, 0.15) is 12.0 Å². The zero-order chi connectivity index (χ0) is 15.7. The molecule has 0 saturated heterocycles. The van der Waals surface area contributed by atoms with Gasteiger partial charge in [-0.25, -0.2) is 8.42 Å². The zero-order valence-electron chi connectivity index (χ0n) is 11.1. The van der Waals surface area contributed by atoms with E-state index in [2.05, 4.69) is 0 Å². The molecular formula is C13H15F3N2O2S. The van der Waals surface area contributed by atoms with Crippen molar-refractivity contribution in [2.45, 2.75) is 24.0 Å². The van der Waals surface area contributed by atoms with Crippen LogP contribution in [-0.2, 0) is 16.6 Å². The van der Waals surface area contributed by atoms with Crippen LogP contribution in [0.3, 0.4) is 0 Å². The Bertz CT molecular complexity index is 654. The van der Waals surface area contributed by atoms with Crippen LogP contribution in [0.4, 0.5) is 13.2 Å². The highest BCUT2D eigenvalue weighted by molar-refractivity contribution is 7.89. The summed E-state index contributed by atoms with van der Waals surface area (Å²) in [6.07, 6.45) is -3.80. The van der Waals surface area contributed by atoms with Gasteiger partial charge in [-0.15, -0.1) is 0 Å². The van der Waals surface area contributed by atoms with Gasteiger partial charge in [0.05, 0.1) is 4.90 Å². The normalized spacial score (nSPS) is 17.6. The van der Waals surface area contributed by atoms with Crippen LogP contribution in [0.2, 0.25) is 0 Å². The average Bonchev–Trinajstić information content (AvgIpc) is 2.46. The smallest absolute Gasteiger partial charge is 0.326 e. The molecule has 1 aromatic carbocycles. The fourth-order valence-corrected chi connectivity index (χ4v) is 3.56.